The third kappa shape index (κ3) is 4.06. The Balaban J connectivity index is 2.17. The second kappa shape index (κ2) is 7.21. The number of fused-ring (bicyclic) bond motifs is 1. The van der Waals surface area contributed by atoms with E-state index in [-0.39, 0.29) is 5.91 Å². The molecule has 2 rings (SSSR count). The maximum absolute atomic E-state index is 12.2. The fourth-order valence-corrected chi connectivity index (χ4v) is 3.66. The summed E-state index contributed by atoms with van der Waals surface area (Å²) in [5.74, 6) is 0.0642. The summed E-state index contributed by atoms with van der Waals surface area (Å²) in [5, 5.41) is 2.90. The van der Waals surface area contributed by atoms with Gasteiger partial charge in [0, 0.05) is 33.1 Å². The van der Waals surface area contributed by atoms with Crippen LogP contribution in [-0.2, 0) is 27.7 Å². The molecular weight excluding hydrogens is 302 g/mol. The first-order valence-electron chi connectivity index (χ1n) is 7.45. The third-order valence-electron chi connectivity index (χ3n) is 3.90. The first kappa shape index (κ1) is 16.9. The SMILES string of the molecule is CNCCNS(=O)(=O)c1ccc2c(c1)CCN(C(C)=O)CC2. The van der Waals surface area contributed by atoms with Gasteiger partial charge in [-0.05, 0) is 43.1 Å². The molecule has 122 valence electrons. The van der Waals surface area contributed by atoms with Crippen molar-refractivity contribution in [1.29, 1.82) is 0 Å². The Morgan fingerprint density at radius 1 is 1.18 bits per heavy atom. The number of rotatable bonds is 5. The number of nitrogens with zero attached hydrogens (tertiary/aromatic N) is 1. The van der Waals surface area contributed by atoms with Gasteiger partial charge in [-0.1, -0.05) is 6.07 Å². The number of nitrogens with one attached hydrogen (secondary N) is 2. The number of carbonyl (C=O) groups excluding carboxylic acids is 1. The van der Waals surface area contributed by atoms with Gasteiger partial charge in [0.25, 0.3) is 0 Å². The van der Waals surface area contributed by atoms with Crippen LogP contribution in [-0.4, -0.2) is 52.5 Å². The Hall–Kier alpha value is -1.44. The minimum atomic E-state index is -3.48. The summed E-state index contributed by atoms with van der Waals surface area (Å²) in [6, 6.07) is 5.25. The van der Waals surface area contributed by atoms with E-state index < -0.39 is 10.0 Å². The number of hydrogen-bond acceptors (Lipinski definition) is 4. The van der Waals surface area contributed by atoms with Crippen LogP contribution < -0.4 is 10.0 Å². The smallest absolute Gasteiger partial charge is 0.240 e. The van der Waals surface area contributed by atoms with Gasteiger partial charge in [0.05, 0.1) is 4.90 Å². The fourth-order valence-electron chi connectivity index (χ4n) is 2.58. The highest BCUT2D eigenvalue weighted by Gasteiger charge is 2.19. The molecule has 0 bridgehead atoms. The molecule has 0 unspecified atom stereocenters. The summed E-state index contributed by atoms with van der Waals surface area (Å²) < 4.78 is 27.1. The average molecular weight is 325 g/mol. The second-order valence-corrected chi connectivity index (χ2v) is 7.20. The molecule has 0 spiro atoms. The van der Waals surface area contributed by atoms with Crippen LogP contribution in [0.5, 0.6) is 0 Å². The Bertz CT molecular complexity index is 643. The summed E-state index contributed by atoms with van der Waals surface area (Å²) in [5.41, 5.74) is 2.14. The Morgan fingerprint density at radius 3 is 2.50 bits per heavy atom. The van der Waals surface area contributed by atoms with Crippen molar-refractivity contribution in [2.75, 3.05) is 33.2 Å². The Kier molecular flexibility index (Phi) is 5.55. The molecule has 2 N–H and O–H groups in total. The zero-order valence-electron chi connectivity index (χ0n) is 13.1. The Labute approximate surface area is 131 Å². The predicted octanol–water partition coefficient (Wildman–Crippen LogP) is 0.131. The van der Waals surface area contributed by atoms with Gasteiger partial charge < -0.3 is 10.2 Å². The highest BCUT2D eigenvalue weighted by atomic mass is 32.2. The van der Waals surface area contributed by atoms with Crippen molar-refractivity contribution in [2.45, 2.75) is 24.7 Å². The van der Waals surface area contributed by atoms with Gasteiger partial charge in [0.2, 0.25) is 15.9 Å². The van der Waals surface area contributed by atoms with E-state index in [9.17, 15) is 13.2 Å². The van der Waals surface area contributed by atoms with Gasteiger partial charge in [0.1, 0.15) is 0 Å². The molecule has 0 fully saturated rings. The average Bonchev–Trinajstić information content (AvgIpc) is 2.69. The number of hydrogen-bond donors (Lipinski definition) is 2. The van der Waals surface area contributed by atoms with Crippen LogP contribution in [0.25, 0.3) is 0 Å². The van der Waals surface area contributed by atoms with Crippen LogP contribution >= 0.6 is 0 Å². The van der Waals surface area contributed by atoms with Crippen LogP contribution in [0.15, 0.2) is 23.1 Å². The first-order chi connectivity index (χ1) is 10.4. The van der Waals surface area contributed by atoms with E-state index in [0.29, 0.717) is 37.5 Å². The molecule has 7 heteroatoms. The van der Waals surface area contributed by atoms with Crippen molar-refractivity contribution in [3.8, 4) is 0 Å². The number of carbonyl (C=O) groups is 1. The van der Waals surface area contributed by atoms with Crippen LogP contribution in [0.4, 0.5) is 0 Å². The third-order valence-corrected chi connectivity index (χ3v) is 5.36. The van der Waals surface area contributed by atoms with Gasteiger partial charge in [-0.25, -0.2) is 13.1 Å². The quantitative estimate of drug-likeness (QED) is 0.755. The highest BCUT2D eigenvalue weighted by molar-refractivity contribution is 7.89. The molecule has 0 atom stereocenters. The molecule has 1 aromatic rings. The standard InChI is InChI=1S/C15H23N3O3S/c1-12(19)18-9-5-13-3-4-15(11-14(13)6-10-18)22(20,21)17-8-7-16-2/h3-4,11,16-17H,5-10H2,1-2H3. The molecule has 22 heavy (non-hydrogen) atoms. The van der Waals surface area contributed by atoms with E-state index in [0.717, 1.165) is 17.5 Å². The van der Waals surface area contributed by atoms with Crippen LogP contribution in [0, 0.1) is 0 Å². The summed E-state index contributed by atoms with van der Waals surface area (Å²) in [6.45, 7) is 3.83. The monoisotopic (exact) mass is 325 g/mol. The minimum absolute atomic E-state index is 0.0642. The lowest BCUT2D eigenvalue weighted by Crippen LogP contribution is -2.31. The fraction of sp³-hybridized carbons (Fsp3) is 0.533. The summed E-state index contributed by atoms with van der Waals surface area (Å²) in [6.07, 6.45) is 1.46. The zero-order valence-corrected chi connectivity index (χ0v) is 13.9. The second-order valence-electron chi connectivity index (χ2n) is 5.44. The number of likely N-dealkylation sites (N-methyl/N-ethyl adjacent to an activating group) is 1. The molecule has 0 aromatic heterocycles. The van der Waals surface area contributed by atoms with E-state index in [2.05, 4.69) is 10.0 Å². The van der Waals surface area contributed by atoms with E-state index in [4.69, 9.17) is 0 Å². The number of benzene rings is 1. The van der Waals surface area contributed by atoms with Crippen LogP contribution in [0.2, 0.25) is 0 Å². The lowest BCUT2D eigenvalue weighted by atomic mass is 10.0. The van der Waals surface area contributed by atoms with E-state index in [1.165, 1.54) is 0 Å². The molecule has 0 aliphatic carbocycles. The Morgan fingerprint density at radius 2 is 1.86 bits per heavy atom. The lowest BCUT2D eigenvalue weighted by Gasteiger charge is -2.17. The number of sulfonamides is 1. The van der Waals surface area contributed by atoms with Crippen LogP contribution in [0.1, 0.15) is 18.1 Å². The predicted molar refractivity (Wildman–Crippen MR) is 85.2 cm³/mol. The topological polar surface area (TPSA) is 78.5 Å². The molecule has 1 aromatic carbocycles. The highest BCUT2D eigenvalue weighted by Crippen LogP contribution is 2.20. The summed E-state index contributed by atoms with van der Waals surface area (Å²) >= 11 is 0. The first-order valence-corrected chi connectivity index (χ1v) is 8.94. The molecular formula is C15H23N3O3S. The van der Waals surface area contributed by atoms with Crippen molar-refractivity contribution >= 4 is 15.9 Å². The lowest BCUT2D eigenvalue weighted by molar-refractivity contribution is -0.128. The van der Waals surface area contributed by atoms with Gasteiger partial charge in [-0.3, -0.25) is 4.79 Å². The van der Waals surface area contributed by atoms with Crippen molar-refractivity contribution in [3.05, 3.63) is 29.3 Å². The molecule has 0 saturated heterocycles. The molecule has 0 radical (unpaired) electrons. The molecule has 1 aliphatic heterocycles. The molecule has 1 heterocycles. The largest absolute Gasteiger partial charge is 0.342 e. The maximum atomic E-state index is 12.2. The molecule has 1 aliphatic rings. The molecule has 0 saturated carbocycles. The normalized spacial score (nSPS) is 15.3. The van der Waals surface area contributed by atoms with E-state index in [1.54, 1.807) is 31.0 Å². The van der Waals surface area contributed by atoms with E-state index >= 15 is 0 Å². The summed E-state index contributed by atoms with van der Waals surface area (Å²) in [7, 11) is -1.70. The molecule has 1 amide bonds. The van der Waals surface area contributed by atoms with Crippen LogP contribution in [0.3, 0.4) is 0 Å². The van der Waals surface area contributed by atoms with Crippen molar-refractivity contribution < 1.29 is 13.2 Å². The summed E-state index contributed by atoms with van der Waals surface area (Å²) in [4.78, 5) is 13.6. The number of amides is 1. The van der Waals surface area contributed by atoms with Gasteiger partial charge in [-0.2, -0.15) is 0 Å². The molecule has 6 nitrogen and oxygen atoms in total. The zero-order chi connectivity index (χ0) is 16.2. The van der Waals surface area contributed by atoms with Crippen molar-refractivity contribution in [2.24, 2.45) is 0 Å². The van der Waals surface area contributed by atoms with Crippen molar-refractivity contribution in [1.82, 2.24) is 14.9 Å². The van der Waals surface area contributed by atoms with Gasteiger partial charge in [0.15, 0.2) is 0 Å². The van der Waals surface area contributed by atoms with Gasteiger partial charge >= 0.3 is 0 Å². The van der Waals surface area contributed by atoms with Gasteiger partial charge in [-0.15, -0.1) is 0 Å². The van der Waals surface area contributed by atoms with Crippen molar-refractivity contribution in [3.63, 3.8) is 0 Å². The minimum Gasteiger partial charge on any atom is -0.342 e. The maximum Gasteiger partial charge on any atom is 0.240 e. The van der Waals surface area contributed by atoms with E-state index in [1.807, 2.05) is 6.07 Å².